The number of rotatable bonds is 1. The van der Waals surface area contributed by atoms with Crippen LogP contribution in [0.15, 0.2) is 12.1 Å². The van der Waals surface area contributed by atoms with Crippen molar-refractivity contribution in [2.75, 3.05) is 0 Å². The van der Waals surface area contributed by atoms with E-state index in [2.05, 4.69) is 0 Å². The van der Waals surface area contributed by atoms with Crippen LogP contribution in [0.5, 0.6) is 0 Å². The maximum Gasteiger partial charge on any atom is 0.491 e. The average Bonchev–Trinajstić information content (AvgIpc) is 1.82. The molecular formula is C7H7BClFO2. The molecule has 0 heterocycles. The van der Waals surface area contributed by atoms with Gasteiger partial charge < -0.3 is 10.0 Å². The van der Waals surface area contributed by atoms with Gasteiger partial charge in [0.25, 0.3) is 0 Å². The molecule has 0 aromatic heterocycles. The van der Waals surface area contributed by atoms with Gasteiger partial charge in [0.1, 0.15) is 5.82 Å². The Bertz CT molecular complexity index is 280. The van der Waals surface area contributed by atoms with Crippen molar-refractivity contribution in [1.82, 2.24) is 0 Å². The molecule has 64 valence electrons. The third-order valence-corrected chi connectivity index (χ3v) is 1.78. The zero-order valence-electron chi connectivity index (χ0n) is 6.38. The van der Waals surface area contributed by atoms with E-state index >= 15 is 0 Å². The van der Waals surface area contributed by atoms with Crippen LogP contribution in [0.3, 0.4) is 0 Å². The highest BCUT2D eigenvalue weighted by molar-refractivity contribution is 6.59. The molecule has 1 rings (SSSR count). The van der Waals surface area contributed by atoms with Crippen LogP contribution in [0.4, 0.5) is 4.39 Å². The number of benzene rings is 1. The molecule has 2 N–H and O–H groups in total. The number of hydrogen-bond donors (Lipinski definition) is 2. The minimum absolute atomic E-state index is 0.126. The second-order valence-corrected chi connectivity index (χ2v) is 2.93. The third kappa shape index (κ3) is 1.77. The van der Waals surface area contributed by atoms with Crippen LogP contribution in [-0.2, 0) is 0 Å². The molecule has 12 heavy (non-hydrogen) atoms. The summed E-state index contributed by atoms with van der Waals surface area (Å²) in [5, 5.41) is 17.7. The highest BCUT2D eigenvalue weighted by Crippen LogP contribution is 2.11. The van der Waals surface area contributed by atoms with E-state index in [-0.39, 0.29) is 10.5 Å². The monoisotopic (exact) mass is 188 g/mol. The molecule has 0 aliphatic rings. The molecule has 0 unspecified atom stereocenters. The van der Waals surface area contributed by atoms with E-state index in [1.54, 1.807) is 6.92 Å². The Balaban J connectivity index is 3.28. The highest BCUT2D eigenvalue weighted by atomic mass is 35.5. The van der Waals surface area contributed by atoms with Crippen molar-refractivity contribution in [2.24, 2.45) is 0 Å². The largest absolute Gasteiger partial charge is 0.491 e. The van der Waals surface area contributed by atoms with E-state index in [1.807, 2.05) is 0 Å². The van der Waals surface area contributed by atoms with Crippen LogP contribution in [-0.4, -0.2) is 17.2 Å². The van der Waals surface area contributed by atoms with E-state index in [0.29, 0.717) is 5.56 Å². The molecule has 0 fully saturated rings. The third-order valence-electron chi connectivity index (χ3n) is 1.56. The van der Waals surface area contributed by atoms with Gasteiger partial charge in [-0.1, -0.05) is 11.6 Å². The fraction of sp³-hybridized carbons (Fsp3) is 0.143. The lowest BCUT2D eigenvalue weighted by Crippen LogP contribution is -2.34. The van der Waals surface area contributed by atoms with E-state index < -0.39 is 12.9 Å². The summed E-state index contributed by atoms with van der Waals surface area (Å²) in [7, 11) is -1.79. The molecule has 0 bridgehead atoms. The maximum atomic E-state index is 13.0. The van der Waals surface area contributed by atoms with Crippen molar-refractivity contribution < 1.29 is 14.4 Å². The Kier molecular flexibility index (Phi) is 2.72. The van der Waals surface area contributed by atoms with Gasteiger partial charge in [0, 0.05) is 10.5 Å². The molecule has 2 nitrogen and oxygen atoms in total. The molecular weight excluding hydrogens is 181 g/mol. The molecule has 0 saturated heterocycles. The molecule has 0 aliphatic heterocycles. The number of hydrogen-bond acceptors (Lipinski definition) is 2. The molecule has 0 atom stereocenters. The second-order valence-electron chi connectivity index (χ2n) is 2.49. The normalized spacial score (nSPS) is 10.1. The lowest BCUT2D eigenvalue weighted by Gasteiger charge is -2.05. The van der Waals surface area contributed by atoms with Crippen molar-refractivity contribution in [1.29, 1.82) is 0 Å². The molecule has 0 radical (unpaired) electrons. The Morgan fingerprint density at radius 2 is 2.00 bits per heavy atom. The first kappa shape index (κ1) is 9.51. The predicted molar refractivity (Wildman–Crippen MR) is 46.0 cm³/mol. The minimum Gasteiger partial charge on any atom is -0.423 e. The van der Waals surface area contributed by atoms with Crippen molar-refractivity contribution in [3.05, 3.63) is 28.5 Å². The van der Waals surface area contributed by atoms with Crippen LogP contribution in [0.2, 0.25) is 5.02 Å². The Hall–Kier alpha value is -0.575. The first-order valence-electron chi connectivity index (χ1n) is 3.34. The molecule has 0 spiro atoms. The Morgan fingerprint density at radius 1 is 1.42 bits per heavy atom. The summed E-state index contributed by atoms with van der Waals surface area (Å²) in [4.78, 5) is 0. The summed E-state index contributed by atoms with van der Waals surface area (Å²) >= 11 is 5.52. The minimum atomic E-state index is -1.79. The molecule has 1 aromatic carbocycles. The van der Waals surface area contributed by atoms with Gasteiger partial charge >= 0.3 is 7.12 Å². The average molecular weight is 188 g/mol. The van der Waals surface area contributed by atoms with Gasteiger partial charge in [0.05, 0.1) is 0 Å². The van der Waals surface area contributed by atoms with E-state index in [4.69, 9.17) is 21.6 Å². The fourth-order valence-electron chi connectivity index (χ4n) is 1.04. The van der Waals surface area contributed by atoms with Crippen molar-refractivity contribution in [3.8, 4) is 0 Å². The van der Waals surface area contributed by atoms with Gasteiger partial charge in [0.2, 0.25) is 0 Å². The number of halogens is 2. The van der Waals surface area contributed by atoms with E-state index in [1.165, 1.54) is 6.07 Å². The Morgan fingerprint density at radius 3 is 2.42 bits per heavy atom. The first-order chi connectivity index (χ1) is 5.52. The van der Waals surface area contributed by atoms with Gasteiger partial charge in [-0.05, 0) is 24.6 Å². The zero-order chi connectivity index (χ0) is 9.30. The van der Waals surface area contributed by atoms with Crippen LogP contribution in [0, 0.1) is 12.7 Å². The Labute approximate surface area is 74.7 Å². The first-order valence-corrected chi connectivity index (χ1v) is 3.72. The van der Waals surface area contributed by atoms with Crippen LogP contribution in [0.1, 0.15) is 5.56 Å². The van der Waals surface area contributed by atoms with Gasteiger partial charge in [-0.2, -0.15) is 0 Å². The van der Waals surface area contributed by atoms with Gasteiger partial charge in [-0.25, -0.2) is 4.39 Å². The predicted octanol–water partition coefficient (Wildman–Crippen LogP) is 0.467. The summed E-state index contributed by atoms with van der Waals surface area (Å²) < 4.78 is 13.0. The smallest absolute Gasteiger partial charge is 0.423 e. The molecule has 0 saturated carbocycles. The summed E-state index contributed by atoms with van der Waals surface area (Å²) in [5.41, 5.74) is 0.300. The van der Waals surface area contributed by atoms with Crippen LogP contribution in [0.25, 0.3) is 0 Å². The van der Waals surface area contributed by atoms with Gasteiger partial charge in [-0.3, -0.25) is 0 Å². The molecule has 0 amide bonds. The van der Waals surface area contributed by atoms with E-state index in [0.717, 1.165) is 6.07 Å². The second kappa shape index (κ2) is 3.43. The quantitative estimate of drug-likeness (QED) is 0.629. The van der Waals surface area contributed by atoms with Gasteiger partial charge in [0.15, 0.2) is 0 Å². The molecule has 5 heteroatoms. The lowest BCUT2D eigenvalue weighted by atomic mass is 9.77. The van der Waals surface area contributed by atoms with Crippen LogP contribution >= 0.6 is 11.6 Å². The molecule has 1 aromatic rings. The maximum absolute atomic E-state index is 13.0. The SMILES string of the molecule is Cc1cc(Cl)cc(F)c1B(O)O. The van der Waals surface area contributed by atoms with Crippen LogP contribution < -0.4 is 5.46 Å². The highest BCUT2D eigenvalue weighted by Gasteiger charge is 2.19. The van der Waals surface area contributed by atoms with Crippen molar-refractivity contribution >= 4 is 24.2 Å². The summed E-state index contributed by atoms with van der Waals surface area (Å²) in [5.74, 6) is -0.699. The standard InChI is InChI=1S/C7H7BClFO2/c1-4-2-5(9)3-6(10)7(4)8(11)12/h2-3,11-12H,1H3. The van der Waals surface area contributed by atoms with E-state index in [9.17, 15) is 4.39 Å². The van der Waals surface area contributed by atoms with Gasteiger partial charge in [-0.15, -0.1) is 0 Å². The summed E-state index contributed by atoms with van der Waals surface area (Å²) in [6, 6.07) is 2.52. The van der Waals surface area contributed by atoms with Crippen molar-refractivity contribution in [3.63, 3.8) is 0 Å². The lowest BCUT2D eigenvalue weighted by molar-refractivity contribution is 0.422. The van der Waals surface area contributed by atoms with Crippen molar-refractivity contribution in [2.45, 2.75) is 6.92 Å². The zero-order valence-corrected chi connectivity index (χ0v) is 7.14. The topological polar surface area (TPSA) is 40.5 Å². The fourth-order valence-corrected chi connectivity index (χ4v) is 1.30. The summed E-state index contributed by atoms with van der Waals surface area (Å²) in [6.07, 6.45) is 0. The summed E-state index contributed by atoms with van der Waals surface area (Å²) in [6.45, 7) is 1.56. The number of aryl methyl sites for hydroxylation is 1. The molecule has 0 aliphatic carbocycles.